The molecule has 6 heteroatoms. The number of nitrogens with one attached hydrogen (secondary N) is 1. The van der Waals surface area contributed by atoms with Gasteiger partial charge in [-0.05, 0) is 49.6 Å². The highest BCUT2D eigenvalue weighted by Crippen LogP contribution is 2.19. The third-order valence-electron chi connectivity index (χ3n) is 6.55. The van der Waals surface area contributed by atoms with Gasteiger partial charge in [0.05, 0.1) is 6.54 Å². The topological polar surface area (TPSA) is 51.7 Å². The Morgan fingerprint density at radius 2 is 1.77 bits per heavy atom. The molecule has 166 valence electrons. The molecule has 1 aromatic carbocycles. The van der Waals surface area contributed by atoms with Crippen molar-refractivity contribution in [1.29, 1.82) is 0 Å². The molecule has 2 saturated heterocycles. The van der Waals surface area contributed by atoms with Crippen LogP contribution >= 0.6 is 0 Å². The van der Waals surface area contributed by atoms with Crippen LogP contribution in [0.5, 0.6) is 0 Å². The summed E-state index contributed by atoms with van der Waals surface area (Å²) in [7, 11) is 0. The second kappa shape index (κ2) is 10.7. The standard InChI is InChI=1S/C25H35N5O/c1-21-6-3-5-13-30(21)19-23-10-8-22(9-11-23)18-27-25(31)20-28-14-16-29(17-15-28)24-7-2-4-12-26-24/h2,4,7-12,21H,3,5-6,13-20H2,1H3,(H,27,31). The van der Waals surface area contributed by atoms with Gasteiger partial charge in [-0.2, -0.15) is 0 Å². The van der Waals surface area contributed by atoms with E-state index in [0.717, 1.165) is 44.1 Å². The number of hydrogen-bond donors (Lipinski definition) is 1. The van der Waals surface area contributed by atoms with Crippen LogP contribution in [0.25, 0.3) is 0 Å². The smallest absolute Gasteiger partial charge is 0.234 e. The van der Waals surface area contributed by atoms with E-state index >= 15 is 0 Å². The number of rotatable bonds is 7. The molecule has 1 N–H and O–H groups in total. The van der Waals surface area contributed by atoms with Crippen molar-refractivity contribution in [3.05, 3.63) is 59.8 Å². The zero-order chi connectivity index (χ0) is 21.5. The fraction of sp³-hybridized carbons (Fsp3) is 0.520. The fourth-order valence-corrected chi connectivity index (χ4v) is 4.53. The number of aromatic nitrogens is 1. The van der Waals surface area contributed by atoms with Gasteiger partial charge in [0.15, 0.2) is 0 Å². The Balaban J connectivity index is 1.17. The average molecular weight is 422 g/mol. The third-order valence-corrected chi connectivity index (χ3v) is 6.55. The van der Waals surface area contributed by atoms with Crippen molar-refractivity contribution in [3.63, 3.8) is 0 Å². The average Bonchev–Trinajstić information content (AvgIpc) is 2.81. The summed E-state index contributed by atoms with van der Waals surface area (Å²) in [6.07, 6.45) is 5.81. The number of amides is 1. The molecule has 1 atom stereocenters. The summed E-state index contributed by atoms with van der Waals surface area (Å²) in [4.78, 5) is 23.9. The molecule has 1 amide bonds. The van der Waals surface area contributed by atoms with Crippen LogP contribution < -0.4 is 10.2 Å². The molecular weight excluding hydrogens is 386 g/mol. The molecule has 2 aliphatic heterocycles. The first kappa shape index (κ1) is 21.8. The first-order valence-electron chi connectivity index (χ1n) is 11.6. The Morgan fingerprint density at radius 1 is 1.00 bits per heavy atom. The minimum absolute atomic E-state index is 0.0949. The molecule has 1 aromatic heterocycles. The van der Waals surface area contributed by atoms with Crippen molar-refractivity contribution in [2.45, 2.75) is 45.3 Å². The number of piperidine rings is 1. The Kier molecular flexibility index (Phi) is 7.54. The van der Waals surface area contributed by atoms with Crippen LogP contribution in [0.15, 0.2) is 48.7 Å². The van der Waals surface area contributed by atoms with Crippen LogP contribution in [0, 0.1) is 0 Å². The van der Waals surface area contributed by atoms with Gasteiger partial charge in [0.2, 0.25) is 5.91 Å². The van der Waals surface area contributed by atoms with E-state index in [2.05, 4.69) is 56.2 Å². The maximum absolute atomic E-state index is 12.4. The van der Waals surface area contributed by atoms with Crippen LogP contribution in [-0.4, -0.2) is 66.0 Å². The summed E-state index contributed by atoms with van der Waals surface area (Å²) in [5.41, 5.74) is 2.51. The second-order valence-electron chi connectivity index (χ2n) is 8.86. The summed E-state index contributed by atoms with van der Waals surface area (Å²) in [6, 6.07) is 15.4. The predicted molar refractivity (Wildman–Crippen MR) is 125 cm³/mol. The van der Waals surface area contributed by atoms with Crippen LogP contribution in [-0.2, 0) is 17.9 Å². The van der Waals surface area contributed by atoms with E-state index in [4.69, 9.17) is 0 Å². The van der Waals surface area contributed by atoms with Gasteiger partial charge in [0.1, 0.15) is 5.82 Å². The molecule has 0 aliphatic carbocycles. The van der Waals surface area contributed by atoms with Crippen molar-refractivity contribution in [2.24, 2.45) is 0 Å². The normalized spacial score (nSPS) is 20.5. The van der Waals surface area contributed by atoms with Crippen molar-refractivity contribution in [2.75, 3.05) is 44.2 Å². The molecule has 2 aromatic rings. The van der Waals surface area contributed by atoms with Gasteiger partial charge in [0.25, 0.3) is 0 Å². The molecule has 0 saturated carbocycles. The number of benzene rings is 1. The Morgan fingerprint density at radius 3 is 2.48 bits per heavy atom. The van der Waals surface area contributed by atoms with Crippen molar-refractivity contribution in [3.8, 4) is 0 Å². The van der Waals surface area contributed by atoms with E-state index in [9.17, 15) is 4.79 Å². The van der Waals surface area contributed by atoms with E-state index in [1.807, 2.05) is 24.4 Å². The zero-order valence-electron chi connectivity index (χ0n) is 18.7. The fourth-order valence-electron chi connectivity index (χ4n) is 4.53. The zero-order valence-corrected chi connectivity index (χ0v) is 18.7. The van der Waals surface area contributed by atoms with Gasteiger partial charge in [-0.25, -0.2) is 4.98 Å². The molecule has 0 radical (unpaired) electrons. The third kappa shape index (κ3) is 6.28. The number of carbonyl (C=O) groups excluding carboxylic acids is 1. The molecule has 31 heavy (non-hydrogen) atoms. The molecule has 1 unspecified atom stereocenters. The van der Waals surface area contributed by atoms with Gasteiger partial charge in [-0.1, -0.05) is 36.8 Å². The first-order chi connectivity index (χ1) is 15.2. The monoisotopic (exact) mass is 421 g/mol. The SMILES string of the molecule is CC1CCCCN1Cc1ccc(CNC(=O)CN2CCN(c3ccccn3)CC2)cc1. The number of nitrogens with zero attached hydrogens (tertiary/aromatic N) is 4. The van der Waals surface area contributed by atoms with Gasteiger partial charge in [-0.15, -0.1) is 0 Å². The molecule has 4 rings (SSSR count). The molecule has 6 nitrogen and oxygen atoms in total. The molecule has 2 aliphatic rings. The Bertz CT molecular complexity index is 818. The first-order valence-corrected chi connectivity index (χ1v) is 11.6. The second-order valence-corrected chi connectivity index (χ2v) is 8.86. The summed E-state index contributed by atoms with van der Waals surface area (Å²) in [5.74, 6) is 1.11. The maximum atomic E-state index is 12.4. The molecule has 0 spiro atoms. The number of likely N-dealkylation sites (tertiary alicyclic amines) is 1. The lowest BCUT2D eigenvalue weighted by Crippen LogP contribution is -2.49. The summed E-state index contributed by atoms with van der Waals surface area (Å²) >= 11 is 0. The lowest BCUT2D eigenvalue weighted by molar-refractivity contribution is -0.122. The van der Waals surface area contributed by atoms with Gasteiger partial charge < -0.3 is 10.2 Å². The summed E-state index contributed by atoms with van der Waals surface area (Å²) in [6.45, 7) is 9.19. The van der Waals surface area contributed by atoms with Gasteiger partial charge in [0, 0.05) is 51.5 Å². The number of pyridine rings is 1. The van der Waals surface area contributed by atoms with Crippen LogP contribution in [0.1, 0.15) is 37.3 Å². The minimum atomic E-state index is 0.0949. The van der Waals surface area contributed by atoms with Crippen molar-refractivity contribution < 1.29 is 4.79 Å². The Hall–Kier alpha value is -2.44. The van der Waals surface area contributed by atoms with E-state index in [-0.39, 0.29) is 5.91 Å². The highest BCUT2D eigenvalue weighted by atomic mass is 16.2. The largest absolute Gasteiger partial charge is 0.354 e. The van der Waals surface area contributed by atoms with E-state index in [1.165, 1.54) is 31.4 Å². The highest BCUT2D eigenvalue weighted by Gasteiger charge is 2.20. The molecule has 3 heterocycles. The Labute approximate surface area is 186 Å². The number of carbonyl (C=O) groups is 1. The summed E-state index contributed by atoms with van der Waals surface area (Å²) in [5, 5.41) is 3.08. The van der Waals surface area contributed by atoms with E-state index in [0.29, 0.717) is 19.1 Å². The predicted octanol–water partition coefficient (Wildman–Crippen LogP) is 2.89. The molecule has 0 bridgehead atoms. The number of anilines is 1. The highest BCUT2D eigenvalue weighted by molar-refractivity contribution is 5.78. The lowest BCUT2D eigenvalue weighted by Gasteiger charge is -2.34. The van der Waals surface area contributed by atoms with E-state index < -0.39 is 0 Å². The van der Waals surface area contributed by atoms with Crippen LogP contribution in [0.2, 0.25) is 0 Å². The quantitative estimate of drug-likeness (QED) is 0.745. The lowest BCUT2D eigenvalue weighted by atomic mass is 10.0. The molecular formula is C25H35N5O. The van der Waals surface area contributed by atoms with Gasteiger partial charge >= 0.3 is 0 Å². The molecule has 2 fully saturated rings. The number of piperazine rings is 1. The van der Waals surface area contributed by atoms with Crippen molar-refractivity contribution in [1.82, 2.24) is 20.1 Å². The number of hydrogen-bond acceptors (Lipinski definition) is 5. The van der Waals surface area contributed by atoms with Crippen LogP contribution in [0.3, 0.4) is 0 Å². The maximum Gasteiger partial charge on any atom is 0.234 e. The van der Waals surface area contributed by atoms with Gasteiger partial charge in [-0.3, -0.25) is 14.6 Å². The van der Waals surface area contributed by atoms with Crippen molar-refractivity contribution >= 4 is 11.7 Å². The minimum Gasteiger partial charge on any atom is -0.354 e. The van der Waals surface area contributed by atoms with Crippen LogP contribution in [0.4, 0.5) is 5.82 Å². The summed E-state index contributed by atoms with van der Waals surface area (Å²) < 4.78 is 0. The van der Waals surface area contributed by atoms with E-state index in [1.54, 1.807) is 0 Å².